The lowest BCUT2D eigenvalue weighted by Crippen LogP contribution is -2.39. The molecule has 1 aliphatic heterocycles. The van der Waals surface area contributed by atoms with E-state index in [0.717, 1.165) is 14.9 Å². The zero-order chi connectivity index (χ0) is 16.1. The number of hydrogen-bond acceptors (Lipinski definition) is 3. The van der Waals surface area contributed by atoms with Gasteiger partial charge in [-0.1, -0.05) is 24.3 Å². The fraction of sp³-hybridized carbons (Fsp3) is 0.353. The Labute approximate surface area is 147 Å². The standard InChI is InChI=1S/C17H15IN2O3/c18-11-3-1-2-4-12(11)19-13(21)8-20-16(22)14-9-5-6-10(7-9)15(14)17(20)23/h1-6,9-10,14-15H,7-8H2,(H,19,21)/t9-,10-,14-,15-/m0/s1. The normalized spacial score (nSPS) is 30.9. The summed E-state index contributed by atoms with van der Waals surface area (Å²) in [4.78, 5) is 38.4. The van der Waals surface area contributed by atoms with Gasteiger partial charge in [0.15, 0.2) is 0 Å². The first-order chi connectivity index (χ1) is 11.1. The van der Waals surface area contributed by atoms with Crippen molar-refractivity contribution < 1.29 is 14.4 Å². The summed E-state index contributed by atoms with van der Waals surface area (Å²) in [6.45, 7) is -0.199. The van der Waals surface area contributed by atoms with Gasteiger partial charge < -0.3 is 5.32 Å². The van der Waals surface area contributed by atoms with Crippen LogP contribution in [-0.2, 0) is 14.4 Å². The lowest BCUT2D eigenvalue weighted by molar-refractivity contribution is -0.143. The van der Waals surface area contributed by atoms with Gasteiger partial charge in [-0.05, 0) is 53.0 Å². The molecule has 6 heteroatoms. The smallest absolute Gasteiger partial charge is 0.244 e. The maximum atomic E-state index is 12.5. The fourth-order valence-corrected chi connectivity index (χ4v) is 4.54. The van der Waals surface area contributed by atoms with Crippen molar-refractivity contribution in [3.63, 3.8) is 0 Å². The van der Waals surface area contributed by atoms with E-state index in [1.165, 1.54) is 0 Å². The van der Waals surface area contributed by atoms with E-state index in [1.807, 2.05) is 30.4 Å². The van der Waals surface area contributed by atoms with Crippen molar-refractivity contribution in [3.8, 4) is 0 Å². The van der Waals surface area contributed by atoms with Crippen molar-refractivity contribution >= 4 is 46.0 Å². The van der Waals surface area contributed by atoms with Gasteiger partial charge in [0.25, 0.3) is 0 Å². The second-order valence-electron chi connectivity index (χ2n) is 6.29. The van der Waals surface area contributed by atoms with E-state index in [2.05, 4.69) is 27.9 Å². The van der Waals surface area contributed by atoms with Crippen LogP contribution >= 0.6 is 22.6 Å². The number of allylic oxidation sites excluding steroid dienone is 2. The Bertz CT molecular complexity index is 715. The predicted octanol–water partition coefficient (Wildman–Crippen LogP) is 2.04. The average Bonchev–Trinajstić information content (AvgIpc) is 3.19. The largest absolute Gasteiger partial charge is 0.324 e. The average molecular weight is 422 g/mol. The van der Waals surface area contributed by atoms with Crippen molar-refractivity contribution in [3.05, 3.63) is 40.0 Å². The fourth-order valence-electron chi connectivity index (χ4n) is 4.02. The molecule has 2 fully saturated rings. The van der Waals surface area contributed by atoms with E-state index in [9.17, 15) is 14.4 Å². The van der Waals surface area contributed by atoms with Gasteiger partial charge in [0.05, 0.1) is 17.5 Å². The van der Waals surface area contributed by atoms with Crippen LogP contribution in [0.2, 0.25) is 0 Å². The highest BCUT2D eigenvalue weighted by Crippen LogP contribution is 2.52. The third kappa shape index (κ3) is 2.31. The molecule has 1 heterocycles. The van der Waals surface area contributed by atoms with Crippen molar-refractivity contribution in [1.82, 2.24) is 4.90 Å². The molecule has 2 bridgehead atoms. The van der Waals surface area contributed by atoms with Crippen LogP contribution in [0.1, 0.15) is 6.42 Å². The molecular formula is C17H15IN2O3. The number of imide groups is 1. The molecule has 3 aliphatic rings. The lowest BCUT2D eigenvalue weighted by atomic mass is 9.85. The van der Waals surface area contributed by atoms with Crippen LogP contribution in [0.25, 0.3) is 0 Å². The second kappa shape index (κ2) is 5.43. The summed E-state index contributed by atoms with van der Waals surface area (Å²) in [5.41, 5.74) is 0.694. The molecule has 4 rings (SSSR count). The molecule has 0 unspecified atom stereocenters. The number of para-hydroxylation sites is 1. The summed E-state index contributed by atoms with van der Waals surface area (Å²) in [5.74, 6) is -0.862. The van der Waals surface area contributed by atoms with E-state index in [4.69, 9.17) is 0 Å². The molecule has 2 aliphatic carbocycles. The maximum Gasteiger partial charge on any atom is 0.244 e. The Morgan fingerprint density at radius 1 is 1.13 bits per heavy atom. The predicted molar refractivity (Wildman–Crippen MR) is 92.2 cm³/mol. The number of fused-ring (bicyclic) bond motifs is 5. The maximum absolute atomic E-state index is 12.5. The molecular weight excluding hydrogens is 407 g/mol. The summed E-state index contributed by atoms with van der Waals surface area (Å²) < 4.78 is 0.914. The van der Waals surface area contributed by atoms with Gasteiger partial charge in [0, 0.05) is 3.57 Å². The quantitative estimate of drug-likeness (QED) is 0.461. The minimum absolute atomic E-state index is 0.171. The Hall–Kier alpha value is -1.70. The second-order valence-corrected chi connectivity index (χ2v) is 7.45. The summed E-state index contributed by atoms with van der Waals surface area (Å²) >= 11 is 2.13. The number of rotatable bonds is 3. The van der Waals surface area contributed by atoms with E-state index >= 15 is 0 Å². The van der Waals surface area contributed by atoms with Crippen molar-refractivity contribution in [2.45, 2.75) is 6.42 Å². The minimum Gasteiger partial charge on any atom is -0.324 e. The summed E-state index contributed by atoms with van der Waals surface area (Å²) in [5, 5.41) is 2.77. The Morgan fingerprint density at radius 2 is 1.74 bits per heavy atom. The van der Waals surface area contributed by atoms with Crippen LogP contribution in [0, 0.1) is 27.2 Å². The molecule has 1 N–H and O–H groups in total. The Morgan fingerprint density at radius 3 is 2.35 bits per heavy atom. The van der Waals surface area contributed by atoms with Gasteiger partial charge >= 0.3 is 0 Å². The number of carbonyl (C=O) groups is 3. The van der Waals surface area contributed by atoms with Gasteiger partial charge in [0.2, 0.25) is 17.7 Å². The van der Waals surface area contributed by atoms with Crippen molar-refractivity contribution in [2.75, 3.05) is 11.9 Å². The first kappa shape index (κ1) is 14.9. The lowest BCUT2D eigenvalue weighted by Gasteiger charge is -2.17. The number of halogens is 1. The molecule has 23 heavy (non-hydrogen) atoms. The molecule has 0 spiro atoms. The van der Waals surface area contributed by atoms with Gasteiger partial charge in [-0.15, -0.1) is 0 Å². The molecule has 1 aromatic rings. The Kier molecular flexibility index (Phi) is 3.51. The SMILES string of the molecule is O=C(CN1C(=O)[C@@H]2[C@@H](C1=O)[C@H]1C=C[C@H]2C1)Nc1ccccc1I. The van der Waals surface area contributed by atoms with E-state index in [0.29, 0.717) is 5.69 Å². The third-order valence-corrected chi connectivity index (χ3v) is 5.95. The monoisotopic (exact) mass is 422 g/mol. The number of benzene rings is 1. The van der Waals surface area contributed by atoms with E-state index in [1.54, 1.807) is 6.07 Å². The summed E-state index contributed by atoms with van der Waals surface area (Å²) in [6.07, 6.45) is 4.99. The topological polar surface area (TPSA) is 66.5 Å². The van der Waals surface area contributed by atoms with Gasteiger partial charge in [-0.2, -0.15) is 0 Å². The van der Waals surface area contributed by atoms with Crippen LogP contribution in [0.5, 0.6) is 0 Å². The highest BCUT2D eigenvalue weighted by molar-refractivity contribution is 14.1. The minimum atomic E-state index is -0.337. The van der Waals surface area contributed by atoms with Crippen LogP contribution in [0.4, 0.5) is 5.69 Å². The zero-order valence-corrected chi connectivity index (χ0v) is 14.4. The summed E-state index contributed by atoms with van der Waals surface area (Å²) in [6, 6.07) is 7.40. The van der Waals surface area contributed by atoms with Gasteiger partial charge in [0.1, 0.15) is 6.54 Å². The van der Waals surface area contributed by atoms with Crippen LogP contribution in [0.15, 0.2) is 36.4 Å². The number of nitrogens with one attached hydrogen (secondary N) is 1. The number of likely N-dealkylation sites (tertiary alicyclic amines) is 1. The van der Waals surface area contributed by atoms with Gasteiger partial charge in [-0.3, -0.25) is 19.3 Å². The molecule has 3 amide bonds. The van der Waals surface area contributed by atoms with Crippen LogP contribution in [-0.4, -0.2) is 29.2 Å². The van der Waals surface area contributed by atoms with Gasteiger partial charge in [-0.25, -0.2) is 0 Å². The third-order valence-electron chi connectivity index (χ3n) is 5.01. The number of hydrogen-bond donors (Lipinski definition) is 1. The van der Waals surface area contributed by atoms with E-state index in [-0.39, 0.29) is 47.9 Å². The number of carbonyl (C=O) groups excluding carboxylic acids is 3. The highest BCUT2D eigenvalue weighted by Gasteiger charge is 2.59. The van der Waals surface area contributed by atoms with Crippen molar-refractivity contribution in [2.24, 2.45) is 23.7 Å². The molecule has 0 aromatic heterocycles. The molecule has 4 atom stereocenters. The molecule has 1 aromatic carbocycles. The van der Waals surface area contributed by atoms with E-state index < -0.39 is 0 Å². The number of nitrogens with zero attached hydrogens (tertiary/aromatic N) is 1. The first-order valence-electron chi connectivity index (χ1n) is 7.64. The zero-order valence-electron chi connectivity index (χ0n) is 12.2. The first-order valence-corrected chi connectivity index (χ1v) is 8.72. The molecule has 1 saturated carbocycles. The van der Waals surface area contributed by atoms with Crippen LogP contribution in [0.3, 0.4) is 0 Å². The Balaban J connectivity index is 1.48. The number of amides is 3. The molecule has 1 saturated heterocycles. The summed E-state index contributed by atoms with van der Waals surface area (Å²) in [7, 11) is 0. The van der Waals surface area contributed by atoms with Crippen molar-refractivity contribution in [1.29, 1.82) is 0 Å². The highest BCUT2D eigenvalue weighted by atomic mass is 127. The number of anilines is 1. The molecule has 118 valence electrons. The molecule has 5 nitrogen and oxygen atoms in total. The molecule has 0 radical (unpaired) electrons. The van der Waals surface area contributed by atoms with Crippen LogP contribution < -0.4 is 5.32 Å².